The minimum atomic E-state index is -6.38. The fourth-order valence-corrected chi connectivity index (χ4v) is 2.75. The Kier molecular flexibility index (Phi) is 5.22. The Morgan fingerprint density at radius 2 is 1.48 bits per heavy atom. The molecule has 0 saturated heterocycles. The molecule has 0 fully saturated rings. The highest BCUT2D eigenvalue weighted by molar-refractivity contribution is 7.92. The van der Waals surface area contributed by atoms with Crippen LogP contribution < -0.4 is 0 Å². The van der Waals surface area contributed by atoms with Gasteiger partial charge in [-0.1, -0.05) is 47.6 Å². The Morgan fingerprint density at radius 3 is 2.04 bits per heavy atom. The van der Waals surface area contributed by atoms with Crippen molar-refractivity contribution in [2.75, 3.05) is 6.26 Å². The topological polar surface area (TPSA) is 89.9 Å². The third-order valence-corrected chi connectivity index (χ3v) is 5.26. The standard InChI is InChI=1S/C14H10F5NO5S2/c1-26(21,22)13(15,16)12(20-25-27(23,24)14(17,18)19)11-8-4-6-9-5-2-3-7-10(9)11/h2-8H,1H3. The third-order valence-electron chi connectivity index (χ3n) is 3.30. The van der Waals surface area contributed by atoms with E-state index in [0.29, 0.717) is 5.39 Å². The first kappa shape index (κ1) is 21.0. The van der Waals surface area contributed by atoms with Gasteiger partial charge in [-0.15, -0.1) is 0 Å². The summed E-state index contributed by atoms with van der Waals surface area (Å²) in [5, 5.41) is -2.12. The van der Waals surface area contributed by atoms with Crippen LogP contribution in [0, 0.1) is 0 Å². The van der Waals surface area contributed by atoms with Crippen LogP contribution in [0.4, 0.5) is 22.0 Å². The van der Waals surface area contributed by atoms with E-state index in [1.54, 1.807) is 0 Å². The van der Waals surface area contributed by atoms with E-state index in [2.05, 4.69) is 9.44 Å². The fourth-order valence-electron chi connectivity index (χ4n) is 2.00. The Hall–Kier alpha value is -2.28. The van der Waals surface area contributed by atoms with Crippen molar-refractivity contribution in [3.8, 4) is 0 Å². The number of halogens is 5. The molecule has 0 radical (unpaired) electrons. The van der Waals surface area contributed by atoms with E-state index in [-0.39, 0.29) is 11.6 Å². The van der Waals surface area contributed by atoms with E-state index < -0.39 is 42.0 Å². The van der Waals surface area contributed by atoms with Crippen molar-refractivity contribution in [3.05, 3.63) is 48.0 Å². The van der Waals surface area contributed by atoms with E-state index in [1.807, 2.05) is 0 Å². The molecular weight excluding hydrogens is 421 g/mol. The zero-order valence-corrected chi connectivity index (χ0v) is 14.9. The number of hydrogen-bond donors (Lipinski definition) is 0. The van der Waals surface area contributed by atoms with Gasteiger partial charge in [-0.25, -0.2) is 8.42 Å². The van der Waals surface area contributed by atoms with Crippen LogP contribution in [0.1, 0.15) is 5.56 Å². The first-order chi connectivity index (χ1) is 12.2. The van der Waals surface area contributed by atoms with E-state index in [1.165, 1.54) is 36.4 Å². The second kappa shape index (κ2) is 6.71. The quantitative estimate of drug-likeness (QED) is 0.314. The predicted molar refractivity (Wildman–Crippen MR) is 86.3 cm³/mol. The average molecular weight is 431 g/mol. The number of hydrogen-bond acceptors (Lipinski definition) is 6. The Labute approximate surface area is 150 Å². The minimum Gasteiger partial charge on any atom is -0.261 e. The summed E-state index contributed by atoms with van der Waals surface area (Å²) in [6.45, 7) is 0. The monoisotopic (exact) mass is 431 g/mol. The summed E-state index contributed by atoms with van der Waals surface area (Å²) in [6.07, 6.45) is 0.117. The van der Waals surface area contributed by atoms with Crippen LogP contribution in [0.5, 0.6) is 0 Å². The number of oxime groups is 1. The summed E-state index contributed by atoms with van der Waals surface area (Å²) in [7, 11) is -11.6. The van der Waals surface area contributed by atoms with E-state index in [9.17, 15) is 38.8 Å². The van der Waals surface area contributed by atoms with E-state index in [4.69, 9.17) is 0 Å². The molecule has 6 nitrogen and oxygen atoms in total. The molecule has 0 aliphatic heterocycles. The molecule has 0 bridgehead atoms. The van der Waals surface area contributed by atoms with Crippen LogP contribution in [0.25, 0.3) is 10.8 Å². The van der Waals surface area contributed by atoms with Gasteiger partial charge in [0.1, 0.15) is 0 Å². The third kappa shape index (κ3) is 4.03. The van der Waals surface area contributed by atoms with Gasteiger partial charge in [0.2, 0.25) is 9.84 Å². The predicted octanol–water partition coefficient (Wildman–Crippen LogP) is 3.05. The van der Waals surface area contributed by atoms with Crippen molar-refractivity contribution in [1.82, 2.24) is 0 Å². The molecule has 2 rings (SSSR count). The largest absolute Gasteiger partial charge is 0.536 e. The Balaban J connectivity index is 2.77. The second-order valence-corrected chi connectivity index (χ2v) is 8.81. The summed E-state index contributed by atoms with van der Waals surface area (Å²) in [5.74, 6) is 0. The normalized spacial score (nSPS) is 14.4. The maximum atomic E-state index is 14.4. The van der Waals surface area contributed by atoms with Crippen LogP contribution in [0.3, 0.4) is 0 Å². The van der Waals surface area contributed by atoms with Crippen molar-refractivity contribution in [2.24, 2.45) is 5.16 Å². The summed E-state index contributed by atoms with van der Waals surface area (Å²) >= 11 is 0. The molecule has 0 unspecified atom stereocenters. The summed E-state index contributed by atoms with van der Waals surface area (Å²) in [4.78, 5) is 0. The summed E-state index contributed by atoms with van der Waals surface area (Å²) in [5.41, 5.74) is -8.35. The van der Waals surface area contributed by atoms with Gasteiger partial charge in [0, 0.05) is 11.8 Å². The minimum absolute atomic E-state index is 0.00455. The van der Waals surface area contributed by atoms with Gasteiger partial charge in [-0.3, -0.25) is 4.28 Å². The number of benzene rings is 2. The van der Waals surface area contributed by atoms with Crippen molar-refractivity contribution >= 4 is 36.4 Å². The first-order valence-corrected chi connectivity index (χ1v) is 10.1. The number of nitrogens with zero attached hydrogens (tertiary/aromatic N) is 1. The van der Waals surface area contributed by atoms with E-state index in [0.717, 1.165) is 6.07 Å². The Morgan fingerprint density at radius 1 is 0.926 bits per heavy atom. The highest BCUT2D eigenvalue weighted by Crippen LogP contribution is 2.32. The average Bonchev–Trinajstić information content (AvgIpc) is 2.52. The lowest BCUT2D eigenvalue weighted by molar-refractivity contribution is -0.0542. The molecule has 2 aromatic rings. The number of alkyl halides is 5. The van der Waals surface area contributed by atoms with Crippen LogP contribution in [0.2, 0.25) is 0 Å². The van der Waals surface area contributed by atoms with Crippen molar-refractivity contribution < 1.29 is 43.1 Å². The molecule has 0 saturated carbocycles. The van der Waals surface area contributed by atoms with Gasteiger partial charge in [0.05, 0.1) is 0 Å². The molecule has 0 atom stereocenters. The lowest BCUT2D eigenvalue weighted by atomic mass is 10.0. The molecule has 0 N–H and O–H groups in total. The van der Waals surface area contributed by atoms with Crippen molar-refractivity contribution in [3.63, 3.8) is 0 Å². The molecule has 27 heavy (non-hydrogen) atoms. The molecule has 0 amide bonds. The highest BCUT2D eigenvalue weighted by Gasteiger charge is 2.52. The molecule has 0 spiro atoms. The highest BCUT2D eigenvalue weighted by atomic mass is 32.2. The lowest BCUT2D eigenvalue weighted by Gasteiger charge is -2.18. The SMILES string of the molecule is CS(=O)(=O)C(F)(F)C(=NOS(=O)(=O)C(F)(F)F)c1cccc2ccccc12. The summed E-state index contributed by atoms with van der Waals surface area (Å²) < 4.78 is 114. The zero-order valence-electron chi connectivity index (χ0n) is 13.2. The fraction of sp³-hybridized carbons (Fsp3) is 0.214. The Bertz CT molecular complexity index is 1100. The smallest absolute Gasteiger partial charge is 0.261 e. The molecule has 0 aliphatic carbocycles. The van der Waals surface area contributed by atoms with Crippen molar-refractivity contribution in [2.45, 2.75) is 10.8 Å². The maximum absolute atomic E-state index is 14.4. The van der Waals surface area contributed by atoms with E-state index >= 15 is 0 Å². The van der Waals surface area contributed by atoms with Crippen LogP contribution in [-0.4, -0.2) is 39.6 Å². The molecule has 0 aliphatic rings. The zero-order chi connectivity index (χ0) is 20.7. The second-order valence-electron chi connectivity index (χ2n) is 5.23. The molecule has 0 heterocycles. The maximum Gasteiger partial charge on any atom is 0.536 e. The number of fused-ring (bicyclic) bond motifs is 1. The van der Waals surface area contributed by atoms with Crippen LogP contribution in [-0.2, 0) is 24.2 Å². The molecule has 13 heteroatoms. The molecule has 148 valence electrons. The van der Waals surface area contributed by atoms with Crippen LogP contribution >= 0.6 is 0 Å². The molecule has 0 aromatic heterocycles. The molecule has 2 aromatic carbocycles. The summed E-state index contributed by atoms with van der Waals surface area (Å²) in [6, 6.07) is 9.28. The van der Waals surface area contributed by atoms with Gasteiger partial charge >= 0.3 is 20.9 Å². The van der Waals surface area contributed by atoms with Gasteiger partial charge < -0.3 is 0 Å². The van der Waals surface area contributed by atoms with Gasteiger partial charge in [0.15, 0.2) is 5.71 Å². The van der Waals surface area contributed by atoms with Gasteiger partial charge in [-0.05, 0) is 10.8 Å². The molecular formula is C14H10F5NO5S2. The van der Waals surface area contributed by atoms with Gasteiger partial charge in [-0.2, -0.15) is 30.4 Å². The lowest BCUT2D eigenvalue weighted by Crippen LogP contribution is -2.38. The number of sulfone groups is 1. The van der Waals surface area contributed by atoms with Gasteiger partial charge in [0.25, 0.3) is 0 Å². The van der Waals surface area contributed by atoms with Crippen molar-refractivity contribution in [1.29, 1.82) is 0 Å². The van der Waals surface area contributed by atoms with Crippen LogP contribution in [0.15, 0.2) is 47.6 Å². The first-order valence-electron chi connectivity index (χ1n) is 6.82. The number of rotatable bonds is 5.